The molecule has 1 saturated heterocycles. The number of aromatic nitrogens is 3. The highest BCUT2D eigenvalue weighted by molar-refractivity contribution is 14.1. The maximum Gasteiger partial charge on any atom is 0.231 e. The van der Waals surface area contributed by atoms with Gasteiger partial charge in [0.2, 0.25) is 5.91 Å². The molecule has 0 unspecified atom stereocenters. The predicted octanol–water partition coefficient (Wildman–Crippen LogP) is 2.60. The molecule has 0 aromatic carbocycles. The number of pyridine rings is 1. The number of nitrogens with one attached hydrogen (secondary N) is 1. The summed E-state index contributed by atoms with van der Waals surface area (Å²) < 4.78 is 8.18. The summed E-state index contributed by atoms with van der Waals surface area (Å²) in [5.74, 6) is 0.265. The quantitative estimate of drug-likeness (QED) is 0.722. The minimum absolute atomic E-state index is 0.126. The third kappa shape index (κ3) is 4.16. The molecule has 0 aliphatic carbocycles. The van der Waals surface area contributed by atoms with Crippen molar-refractivity contribution in [1.29, 1.82) is 5.26 Å². The van der Waals surface area contributed by atoms with Crippen molar-refractivity contribution in [2.24, 2.45) is 0 Å². The minimum atomic E-state index is -0.210. The van der Waals surface area contributed by atoms with Crippen LogP contribution in [0.15, 0.2) is 18.3 Å². The predicted molar refractivity (Wildman–Crippen MR) is 100 cm³/mol. The zero-order valence-corrected chi connectivity index (χ0v) is 16.0. The zero-order valence-electron chi connectivity index (χ0n) is 13.8. The van der Waals surface area contributed by atoms with Gasteiger partial charge >= 0.3 is 0 Å². The van der Waals surface area contributed by atoms with Gasteiger partial charge in [-0.2, -0.15) is 10.4 Å². The van der Waals surface area contributed by atoms with Gasteiger partial charge in [0.05, 0.1) is 18.2 Å². The van der Waals surface area contributed by atoms with E-state index in [2.05, 4.69) is 44.1 Å². The molecule has 0 radical (unpaired) electrons. The Kier molecular flexibility index (Phi) is 5.65. The second-order valence-corrected chi connectivity index (χ2v) is 7.15. The molecule has 2 aromatic heterocycles. The number of carbonyl (C=O) groups is 1. The summed E-state index contributed by atoms with van der Waals surface area (Å²) in [4.78, 5) is 16.7. The summed E-state index contributed by atoms with van der Waals surface area (Å²) in [5.41, 5.74) is 1.72. The van der Waals surface area contributed by atoms with Crippen molar-refractivity contribution in [3.8, 4) is 6.07 Å². The normalized spacial score (nSPS) is 14.9. The number of aryl methyl sites for hydroxylation is 1. The molecule has 130 valence electrons. The molecule has 1 fully saturated rings. The Morgan fingerprint density at radius 1 is 1.48 bits per heavy atom. The molecular formula is C17H18IN5O2. The van der Waals surface area contributed by atoms with Crippen LogP contribution in [0.1, 0.15) is 35.8 Å². The van der Waals surface area contributed by atoms with Gasteiger partial charge < -0.3 is 10.1 Å². The number of hydrogen-bond donors (Lipinski definition) is 1. The first-order valence-corrected chi connectivity index (χ1v) is 9.13. The van der Waals surface area contributed by atoms with Gasteiger partial charge in [0.1, 0.15) is 17.5 Å². The molecule has 8 heteroatoms. The molecule has 3 heterocycles. The van der Waals surface area contributed by atoms with Crippen LogP contribution in [0.4, 0.5) is 5.82 Å². The second-order valence-electron chi connectivity index (χ2n) is 5.90. The molecule has 1 N–H and O–H groups in total. The number of rotatable bonds is 4. The lowest BCUT2D eigenvalue weighted by molar-refractivity contribution is -0.115. The highest BCUT2D eigenvalue weighted by Gasteiger charge is 2.24. The van der Waals surface area contributed by atoms with Crippen LogP contribution in [0.5, 0.6) is 0 Å². The van der Waals surface area contributed by atoms with E-state index in [4.69, 9.17) is 4.74 Å². The Bertz CT molecular complexity index is 804. The van der Waals surface area contributed by atoms with Crippen LogP contribution in [0.25, 0.3) is 0 Å². The first-order valence-electron chi connectivity index (χ1n) is 8.05. The molecule has 0 saturated carbocycles. The number of amides is 1. The Labute approximate surface area is 159 Å². The fourth-order valence-corrected chi connectivity index (χ4v) is 3.17. The van der Waals surface area contributed by atoms with E-state index >= 15 is 0 Å². The maximum absolute atomic E-state index is 12.5. The van der Waals surface area contributed by atoms with Crippen LogP contribution in [0, 0.1) is 21.8 Å². The van der Waals surface area contributed by atoms with Crippen molar-refractivity contribution < 1.29 is 9.53 Å². The smallest absolute Gasteiger partial charge is 0.231 e. The average Bonchev–Trinajstić information content (AvgIpc) is 2.93. The van der Waals surface area contributed by atoms with Gasteiger partial charge in [-0.25, -0.2) is 4.68 Å². The van der Waals surface area contributed by atoms with Gasteiger partial charge in [-0.3, -0.25) is 9.78 Å². The highest BCUT2D eigenvalue weighted by Crippen LogP contribution is 2.28. The summed E-state index contributed by atoms with van der Waals surface area (Å²) in [7, 11) is 0. The molecule has 1 aliphatic heterocycles. The molecule has 25 heavy (non-hydrogen) atoms. The number of ether oxygens (including phenoxy) is 1. The van der Waals surface area contributed by atoms with E-state index in [0.29, 0.717) is 36.0 Å². The fraction of sp³-hybridized carbons (Fsp3) is 0.412. The lowest BCUT2D eigenvalue weighted by Gasteiger charge is -2.24. The lowest BCUT2D eigenvalue weighted by atomic mass is 10.1. The van der Waals surface area contributed by atoms with E-state index in [0.717, 1.165) is 16.4 Å². The third-order valence-corrected chi connectivity index (χ3v) is 4.76. The summed E-state index contributed by atoms with van der Waals surface area (Å²) in [5, 5.41) is 16.8. The van der Waals surface area contributed by atoms with Crippen LogP contribution in [-0.2, 0) is 16.0 Å². The van der Waals surface area contributed by atoms with Crippen LogP contribution in [0.3, 0.4) is 0 Å². The summed E-state index contributed by atoms with van der Waals surface area (Å²) in [6.45, 7) is 3.10. The van der Waals surface area contributed by atoms with Gasteiger partial charge in [-0.15, -0.1) is 0 Å². The van der Waals surface area contributed by atoms with Crippen molar-refractivity contribution in [3.05, 3.63) is 38.9 Å². The maximum atomic E-state index is 12.5. The van der Waals surface area contributed by atoms with Crippen molar-refractivity contribution in [3.63, 3.8) is 0 Å². The number of nitriles is 1. The monoisotopic (exact) mass is 451 g/mol. The highest BCUT2D eigenvalue weighted by atomic mass is 127. The van der Waals surface area contributed by atoms with E-state index < -0.39 is 0 Å². The third-order valence-electron chi connectivity index (χ3n) is 4.12. The second kappa shape index (κ2) is 7.93. The Morgan fingerprint density at radius 3 is 2.88 bits per heavy atom. The molecule has 1 aliphatic rings. The van der Waals surface area contributed by atoms with Crippen molar-refractivity contribution in [1.82, 2.24) is 14.8 Å². The average molecular weight is 451 g/mol. The zero-order chi connectivity index (χ0) is 17.8. The van der Waals surface area contributed by atoms with Gasteiger partial charge in [-0.1, -0.05) is 0 Å². The molecule has 3 rings (SSSR count). The van der Waals surface area contributed by atoms with E-state index in [1.807, 2.05) is 12.1 Å². The largest absolute Gasteiger partial charge is 0.381 e. The Balaban J connectivity index is 1.81. The van der Waals surface area contributed by atoms with Gasteiger partial charge in [-0.05, 0) is 54.5 Å². The van der Waals surface area contributed by atoms with Gasteiger partial charge in [0, 0.05) is 28.7 Å². The van der Waals surface area contributed by atoms with Crippen LogP contribution >= 0.6 is 22.6 Å². The number of carbonyl (C=O) groups excluding carboxylic acids is 1. The molecular weight excluding hydrogens is 433 g/mol. The fourth-order valence-electron chi connectivity index (χ4n) is 2.85. The number of anilines is 1. The molecule has 2 aromatic rings. The van der Waals surface area contributed by atoms with E-state index in [9.17, 15) is 10.1 Å². The van der Waals surface area contributed by atoms with Crippen molar-refractivity contribution in [2.75, 3.05) is 18.5 Å². The summed E-state index contributed by atoms with van der Waals surface area (Å²) in [6, 6.07) is 6.02. The Morgan fingerprint density at radius 2 is 2.24 bits per heavy atom. The van der Waals surface area contributed by atoms with E-state index in [1.165, 1.54) is 0 Å². The molecule has 1 amide bonds. The first kappa shape index (κ1) is 17.8. The van der Waals surface area contributed by atoms with E-state index in [-0.39, 0.29) is 18.4 Å². The number of nitrogens with zero attached hydrogens (tertiary/aromatic N) is 4. The first-order chi connectivity index (χ1) is 12.1. The number of halogens is 1. The van der Waals surface area contributed by atoms with E-state index in [1.54, 1.807) is 17.8 Å². The SMILES string of the molecule is Cc1nn(C2CCOCC2)c(NC(=O)Cc2ccc(I)cn2)c1C#N. The summed E-state index contributed by atoms with van der Waals surface area (Å²) >= 11 is 2.17. The lowest BCUT2D eigenvalue weighted by Crippen LogP contribution is -2.24. The van der Waals surface area contributed by atoms with Gasteiger partial charge in [0.25, 0.3) is 0 Å². The number of hydrogen-bond acceptors (Lipinski definition) is 5. The van der Waals surface area contributed by atoms with Crippen LogP contribution in [0.2, 0.25) is 0 Å². The summed E-state index contributed by atoms with van der Waals surface area (Å²) in [6.07, 6.45) is 3.50. The van der Waals surface area contributed by atoms with Crippen LogP contribution < -0.4 is 5.32 Å². The molecule has 7 nitrogen and oxygen atoms in total. The minimum Gasteiger partial charge on any atom is -0.381 e. The Hall–Kier alpha value is -1.99. The molecule has 0 atom stereocenters. The topological polar surface area (TPSA) is 92.8 Å². The van der Waals surface area contributed by atoms with Crippen LogP contribution in [-0.4, -0.2) is 33.9 Å². The molecule has 0 bridgehead atoms. The standard InChI is InChI=1S/C17H18IN5O2/c1-11-15(9-19)17(23(22-11)14-4-6-25-7-5-14)21-16(24)8-13-3-2-12(18)10-20-13/h2-3,10,14H,4-8H2,1H3,(H,21,24). The van der Waals surface area contributed by atoms with Crippen molar-refractivity contribution >= 4 is 34.3 Å². The van der Waals surface area contributed by atoms with Crippen molar-refractivity contribution in [2.45, 2.75) is 32.2 Å². The van der Waals surface area contributed by atoms with Gasteiger partial charge in [0.15, 0.2) is 0 Å². The molecule has 0 spiro atoms.